The van der Waals surface area contributed by atoms with Crippen LogP contribution in [-0.4, -0.2) is 29.0 Å². The first-order valence-corrected chi connectivity index (χ1v) is 8.91. The van der Waals surface area contributed by atoms with Crippen LogP contribution in [-0.2, 0) is 0 Å². The molecule has 0 spiro atoms. The lowest BCUT2D eigenvalue weighted by molar-refractivity contribution is 0.102. The molecule has 1 aliphatic heterocycles. The second kappa shape index (κ2) is 7.21. The number of piperidine rings is 1. The summed E-state index contributed by atoms with van der Waals surface area (Å²) in [6, 6.07) is 7.73. The summed E-state index contributed by atoms with van der Waals surface area (Å²) < 4.78 is 0. The van der Waals surface area contributed by atoms with E-state index >= 15 is 0 Å². The van der Waals surface area contributed by atoms with Gasteiger partial charge in [0.2, 0.25) is 5.95 Å². The highest BCUT2D eigenvalue weighted by atomic mass is 16.1. The molecule has 0 saturated carbocycles. The number of amides is 1. The molecule has 5 heteroatoms. The third kappa shape index (κ3) is 4.16. The second-order valence-electron chi connectivity index (χ2n) is 7.16. The number of benzene rings is 1. The summed E-state index contributed by atoms with van der Waals surface area (Å²) >= 11 is 0. The van der Waals surface area contributed by atoms with Gasteiger partial charge in [0, 0.05) is 24.5 Å². The van der Waals surface area contributed by atoms with Crippen LogP contribution in [0.15, 0.2) is 24.3 Å². The second-order valence-corrected chi connectivity index (χ2v) is 7.16. The topological polar surface area (TPSA) is 58.1 Å². The molecule has 1 fully saturated rings. The first kappa shape index (κ1) is 17.4. The number of carbonyl (C=O) groups is 1. The van der Waals surface area contributed by atoms with Crippen molar-refractivity contribution < 1.29 is 4.79 Å². The van der Waals surface area contributed by atoms with Crippen molar-refractivity contribution in [2.45, 2.75) is 40.5 Å². The van der Waals surface area contributed by atoms with Crippen LogP contribution >= 0.6 is 0 Å². The van der Waals surface area contributed by atoms with E-state index in [0.717, 1.165) is 36.5 Å². The van der Waals surface area contributed by atoms with Crippen LogP contribution in [0.5, 0.6) is 0 Å². The summed E-state index contributed by atoms with van der Waals surface area (Å²) in [7, 11) is 0. The summed E-state index contributed by atoms with van der Waals surface area (Å²) in [5.74, 6) is 1.10. The van der Waals surface area contributed by atoms with Crippen LogP contribution in [0.25, 0.3) is 0 Å². The maximum Gasteiger partial charge on any atom is 0.274 e. The van der Waals surface area contributed by atoms with Gasteiger partial charge in [0.1, 0.15) is 5.69 Å². The van der Waals surface area contributed by atoms with Gasteiger partial charge >= 0.3 is 0 Å². The van der Waals surface area contributed by atoms with Gasteiger partial charge in [-0.05, 0) is 57.2 Å². The van der Waals surface area contributed by atoms with E-state index in [0.29, 0.717) is 17.6 Å². The molecule has 1 saturated heterocycles. The first-order chi connectivity index (χ1) is 11.9. The highest BCUT2D eigenvalue weighted by Gasteiger charge is 2.20. The molecule has 3 rings (SSSR count). The van der Waals surface area contributed by atoms with Crippen molar-refractivity contribution in [1.82, 2.24) is 9.97 Å². The average molecular weight is 338 g/mol. The molecule has 1 N–H and O–H groups in total. The van der Waals surface area contributed by atoms with Crippen molar-refractivity contribution in [3.05, 3.63) is 46.8 Å². The standard InChI is InChI=1S/C20H26N4O/c1-13-7-8-17(15(3)10-13)22-19(25)18-11-16(4)21-20(23-18)24-9-5-6-14(2)12-24/h7-8,10-11,14H,5-6,9,12H2,1-4H3,(H,22,25). The van der Waals surface area contributed by atoms with Crippen molar-refractivity contribution in [3.8, 4) is 0 Å². The van der Waals surface area contributed by atoms with E-state index in [9.17, 15) is 4.79 Å². The van der Waals surface area contributed by atoms with Crippen LogP contribution in [0.1, 0.15) is 47.1 Å². The molecular formula is C20H26N4O. The molecule has 1 unspecified atom stereocenters. The first-order valence-electron chi connectivity index (χ1n) is 8.91. The van der Waals surface area contributed by atoms with Gasteiger partial charge in [-0.2, -0.15) is 0 Å². The molecule has 1 aliphatic rings. The average Bonchev–Trinajstić information content (AvgIpc) is 2.57. The number of aryl methyl sites for hydroxylation is 3. The summed E-state index contributed by atoms with van der Waals surface area (Å²) in [5, 5.41) is 2.97. The minimum Gasteiger partial charge on any atom is -0.341 e. The lowest BCUT2D eigenvalue weighted by Crippen LogP contribution is -2.36. The van der Waals surface area contributed by atoms with Gasteiger partial charge in [0.05, 0.1) is 0 Å². The SMILES string of the molecule is Cc1ccc(NC(=O)c2cc(C)nc(N3CCCC(C)C3)n2)c(C)c1. The van der Waals surface area contributed by atoms with Crippen LogP contribution in [0.3, 0.4) is 0 Å². The Hall–Kier alpha value is -2.43. The molecule has 0 bridgehead atoms. The molecule has 5 nitrogen and oxygen atoms in total. The van der Waals surface area contributed by atoms with E-state index in [1.54, 1.807) is 6.07 Å². The van der Waals surface area contributed by atoms with Crippen LogP contribution in [0.2, 0.25) is 0 Å². The number of nitrogens with zero attached hydrogens (tertiary/aromatic N) is 3. The fraction of sp³-hybridized carbons (Fsp3) is 0.450. The zero-order chi connectivity index (χ0) is 18.0. The van der Waals surface area contributed by atoms with E-state index in [4.69, 9.17) is 0 Å². The van der Waals surface area contributed by atoms with E-state index < -0.39 is 0 Å². The van der Waals surface area contributed by atoms with Crippen molar-refractivity contribution in [3.63, 3.8) is 0 Å². The Morgan fingerprint density at radius 3 is 2.72 bits per heavy atom. The quantitative estimate of drug-likeness (QED) is 0.922. The lowest BCUT2D eigenvalue weighted by Gasteiger charge is -2.31. The number of hydrogen-bond donors (Lipinski definition) is 1. The highest BCUT2D eigenvalue weighted by molar-refractivity contribution is 6.03. The smallest absolute Gasteiger partial charge is 0.274 e. The number of hydrogen-bond acceptors (Lipinski definition) is 4. The molecule has 132 valence electrons. The third-order valence-electron chi connectivity index (χ3n) is 4.65. The lowest BCUT2D eigenvalue weighted by atomic mass is 10.0. The summed E-state index contributed by atoms with van der Waals surface area (Å²) in [4.78, 5) is 24.0. The molecule has 1 aromatic heterocycles. The molecule has 1 atom stereocenters. The van der Waals surface area contributed by atoms with Crippen LogP contribution < -0.4 is 10.2 Å². The van der Waals surface area contributed by atoms with Crippen LogP contribution in [0.4, 0.5) is 11.6 Å². The zero-order valence-corrected chi connectivity index (χ0v) is 15.5. The molecule has 2 aromatic rings. The van der Waals surface area contributed by atoms with Gasteiger partial charge in [-0.25, -0.2) is 9.97 Å². The Labute approximate surface area is 149 Å². The Morgan fingerprint density at radius 2 is 2.00 bits per heavy atom. The molecule has 25 heavy (non-hydrogen) atoms. The van der Waals surface area contributed by atoms with E-state index in [-0.39, 0.29) is 5.91 Å². The molecule has 1 amide bonds. The largest absolute Gasteiger partial charge is 0.341 e. The minimum absolute atomic E-state index is 0.191. The molecule has 2 heterocycles. The van der Waals surface area contributed by atoms with Crippen molar-refractivity contribution in [1.29, 1.82) is 0 Å². The minimum atomic E-state index is -0.191. The maximum absolute atomic E-state index is 12.7. The molecule has 0 radical (unpaired) electrons. The normalized spacial score (nSPS) is 17.4. The summed E-state index contributed by atoms with van der Waals surface area (Å²) in [5.41, 5.74) is 4.27. The van der Waals surface area contributed by atoms with Gasteiger partial charge < -0.3 is 10.2 Å². The van der Waals surface area contributed by atoms with E-state index in [2.05, 4.69) is 33.2 Å². The number of aromatic nitrogens is 2. The van der Waals surface area contributed by atoms with Crippen LogP contribution in [0, 0.1) is 26.7 Å². The van der Waals surface area contributed by atoms with Gasteiger partial charge in [-0.15, -0.1) is 0 Å². The van der Waals surface area contributed by atoms with Crippen molar-refractivity contribution in [2.75, 3.05) is 23.3 Å². The van der Waals surface area contributed by atoms with Gasteiger partial charge in [-0.3, -0.25) is 4.79 Å². The highest BCUT2D eigenvalue weighted by Crippen LogP contribution is 2.21. The Morgan fingerprint density at radius 1 is 1.20 bits per heavy atom. The predicted molar refractivity (Wildman–Crippen MR) is 101 cm³/mol. The third-order valence-corrected chi connectivity index (χ3v) is 4.65. The summed E-state index contributed by atoms with van der Waals surface area (Å²) in [6.07, 6.45) is 2.38. The van der Waals surface area contributed by atoms with Crippen molar-refractivity contribution in [2.24, 2.45) is 5.92 Å². The predicted octanol–water partition coefficient (Wildman–Crippen LogP) is 3.89. The fourth-order valence-electron chi connectivity index (χ4n) is 3.32. The molecule has 1 aromatic carbocycles. The zero-order valence-electron chi connectivity index (χ0n) is 15.5. The Bertz CT molecular complexity index is 787. The van der Waals surface area contributed by atoms with E-state index in [1.807, 2.05) is 32.9 Å². The Kier molecular flexibility index (Phi) is 5.02. The Balaban J connectivity index is 1.82. The number of nitrogens with one attached hydrogen (secondary N) is 1. The maximum atomic E-state index is 12.7. The molecule has 0 aliphatic carbocycles. The number of anilines is 2. The molecular weight excluding hydrogens is 312 g/mol. The number of rotatable bonds is 3. The van der Waals surface area contributed by atoms with Crippen molar-refractivity contribution >= 4 is 17.5 Å². The van der Waals surface area contributed by atoms with Gasteiger partial charge in [0.15, 0.2) is 0 Å². The van der Waals surface area contributed by atoms with Gasteiger partial charge in [0.25, 0.3) is 5.91 Å². The van der Waals surface area contributed by atoms with Gasteiger partial charge in [-0.1, -0.05) is 24.6 Å². The van der Waals surface area contributed by atoms with E-state index in [1.165, 1.54) is 12.0 Å². The fourth-order valence-corrected chi connectivity index (χ4v) is 3.32. The monoisotopic (exact) mass is 338 g/mol. The number of carbonyl (C=O) groups excluding carboxylic acids is 1. The summed E-state index contributed by atoms with van der Waals surface area (Å²) in [6.45, 7) is 10.1.